The molecule has 0 aliphatic rings. The Labute approximate surface area is 148 Å². The van der Waals surface area contributed by atoms with Gasteiger partial charge in [0.15, 0.2) is 0 Å². The number of nitrogens with zero attached hydrogens (tertiary/aromatic N) is 1. The third kappa shape index (κ3) is 4.84. The zero-order valence-corrected chi connectivity index (χ0v) is 14.5. The third-order valence-corrected chi connectivity index (χ3v) is 4.56. The van der Waals surface area contributed by atoms with E-state index < -0.39 is 16.0 Å². The van der Waals surface area contributed by atoms with Crippen molar-refractivity contribution in [1.29, 1.82) is 0 Å². The number of rotatable bonds is 7. The lowest BCUT2D eigenvalue weighted by Crippen LogP contribution is -2.22. The second kappa shape index (κ2) is 7.39. The molecule has 0 unspecified atom stereocenters. The lowest BCUT2D eigenvalue weighted by atomic mass is 10.1. The molecule has 11 heteroatoms. The van der Waals surface area contributed by atoms with Crippen molar-refractivity contribution in [2.24, 2.45) is 5.14 Å². The minimum atomic E-state index is -3.61. The maximum Gasteiger partial charge on any atom is 0.322 e. The number of halogens is 2. The molecule has 0 aliphatic heterocycles. The topological polar surface area (TPSA) is 134 Å². The Hall–Kier alpha value is -1.81. The minimum Gasteiger partial charge on any atom is -0.480 e. The van der Waals surface area contributed by atoms with Crippen molar-refractivity contribution in [3.8, 4) is 0 Å². The van der Waals surface area contributed by atoms with Crippen LogP contribution in [0.3, 0.4) is 0 Å². The Balaban J connectivity index is 2.42. The van der Waals surface area contributed by atoms with Crippen LogP contribution in [0, 0.1) is 0 Å². The summed E-state index contributed by atoms with van der Waals surface area (Å²) in [5.74, 6) is -1.07. The van der Waals surface area contributed by atoms with E-state index in [0.29, 0.717) is 21.6 Å². The van der Waals surface area contributed by atoms with Gasteiger partial charge in [-0.25, -0.2) is 18.5 Å². The first-order chi connectivity index (χ1) is 11.2. The molecule has 0 radical (unpaired) electrons. The SMILES string of the molecule is NS(=O)(=O)CCNc1cc(NCC(=O)O)nc2c(Cl)c(Cl)ccc12. The number of hydrogen-bond acceptors (Lipinski definition) is 6. The normalized spacial score (nSPS) is 11.5. The largest absolute Gasteiger partial charge is 0.480 e. The van der Waals surface area contributed by atoms with Crippen LogP contribution in [0.1, 0.15) is 0 Å². The number of sulfonamides is 1. The van der Waals surface area contributed by atoms with Crippen LogP contribution in [0.5, 0.6) is 0 Å². The van der Waals surface area contributed by atoms with E-state index in [9.17, 15) is 13.2 Å². The van der Waals surface area contributed by atoms with E-state index in [1.54, 1.807) is 18.2 Å². The van der Waals surface area contributed by atoms with E-state index in [-0.39, 0.29) is 29.7 Å². The molecule has 0 amide bonds. The number of fused-ring (bicyclic) bond motifs is 1. The van der Waals surface area contributed by atoms with Crippen molar-refractivity contribution >= 4 is 61.6 Å². The van der Waals surface area contributed by atoms with Crippen LogP contribution < -0.4 is 15.8 Å². The van der Waals surface area contributed by atoms with Gasteiger partial charge in [-0.15, -0.1) is 0 Å². The second-order valence-corrected chi connectivity index (χ2v) is 7.37. The third-order valence-electron chi connectivity index (χ3n) is 3.00. The van der Waals surface area contributed by atoms with Crippen LogP contribution in [0.15, 0.2) is 18.2 Å². The van der Waals surface area contributed by atoms with Crippen LogP contribution in [-0.2, 0) is 14.8 Å². The van der Waals surface area contributed by atoms with Gasteiger partial charge in [-0.2, -0.15) is 0 Å². The number of primary sulfonamides is 1. The fourth-order valence-electron chi connectivity index (χ4n) is 1.96. The Bertz CT molecular complexity index is 889. The molecule has 0 saturated heterocycles. The smallest absolute Gasteiger partial charge is 0.322 e. The molecule has 0 saturated carbocycles. The molecule has 0 spiro atoms. The highest BCUT2D eigenvalue weighted by Crippen LogP contribution is 2.34. The van der Waals surface area contributed by atoms with Crippen molar-refractivity contribution in [3.05, 3.63) is 28.2 Å². The van der Waals surface area contributed by atoms with Crippen molar-refractivity contribution in [1.82, 2.24) is 4.98 Å². The number of nitrogens with two attached hydrogens (primary N) is 1. The molecule has 0 fully saturated rings. The van der Waals surface area contributed by atoms with Crippen LogP contribution in [0.2, 0.25) is 10.0 Å². The highest BCUT2D eigenvalue weighted by molar-refractivity contribution is 7.89. The summed E-state index contributed by atoms with van der Waals surface area (Å²) in [7, 11) is -3.61. The van der Waals surface area contributed by atoms with Gasteiger partial charge in [-0.05, 0) is 12.1 Å². The fourth-order valence-corrected chi connectivity index (χ4v) is 2.71. The Kier molecular flexibility index (Phi) is 5.70. The van der Waals surface area contributed by atoms with Crippen LogP contribution in [-0.4, -0.2) is 43.3 Å². The molecule has 130 valence electrons. The summed E-state index contributed by atoms with van der Waals surface area (Å²) in [6, 6.07) is 4.82. The molecule has 1 aromatic carbocycles. The zero-order chi connectivity index (χ0) is 17.9. The van der Waals surface area contributed by atoms with Crippen LogP contribution in [0.25, 0.3) is 10.9 Å². The van der Waals surface area contributed by atoms with Gasteiger partial charge >= 0.3 is 5.97 Å². The van der Waals surface area contributed by atoms with E-state index in [1.807, 2.05) is 0 Å². The second-order valence-electron chi connectivity index (χ2n) is 4.85. The molecule has 2 aromatic rings. The average molecular weight is 393 g/mol. The number of anilines is 2. The molecular weight excluding hydrogens is 379 g/mol. The number of aromatic nitrogens is 1. The number of aliphatic carboxylic acids is 1. The lowest BCUT2D eigenvalue weighted by Gasteiger charge is -2.13. The molecule has 0 atom stereocenters. The quantitative estimate of drug-likeness (QED) is 0.563. The lowest BCUT2D eigenvalue weighted by molar-refractivity contribution is -0.134. The first-order valence-electron chi connectivity index (χ1n) is 6.66. The summed E-state index contributed by atoms with van der Waals surface area (Å²) in [5.41, 5.74) is 0.882. The fraction of sp³-hybridized carbons (Fsp3) is 0.231. The predicted octanol–water partition coefficient (Wildman–Crippen LogP) is 1.74. The number of nitrogens with one attached hydrogen (secondary N) is 2. The summed E-state index contributed by atoms with van der Waals surface area (Å²) < 4.78 is 22.1. The van der Waals surface area contributed by atoms with Crippen molar-refractivity contribution in [3.63, 3.8) is 0 Å². The standard InChI is InChI=1S/C13H14Cl2N4O4S/c14-8-2-1-7-9(17-3-4-24(16,22)23)5-10(18-6-11(20)21)19-13(7)12(8)15/h1-2,5H,3-4,6H2,(H,20,21)(H2,16,22,23)(H2,17,18,19). The van der Waals surface area contributed by atoms with Gasteiger partial charge < -0.3 is 15.7 Å². The molecule has 1 aromatic heterocycles. The summed E-state index contributed by atoms with van der Waals surface area (Å²) in [6.45, 7) is -0.274. The van der Waals surface area contributed by atoms with Gasteiger partial charge in [-0.3, -0.25) is 4.79 Å². The van der Waals surface area contributed by atoms with E-state index >= 15 is 0 Å². The Morgan fingerprint density at radius 1 is 1.29 bits per heavy atom. The Morgan fingerprint density at radius 3 is 2.62 bits per heavy atom. The molecule has 2 rings (SSSR count). The number of carboxylic acid groups (broad SMARTS) is 1. The van der Waals surface area contributed by atoms with E-state index in [0.717, 1.165) is 0 Å². The number of carbonyl (C=O) groups is 1. The minimum absolute atomic E-state index is 0.0660. The molecule has 0 bridgehead atoms. The molecular formula is C13H14Cl2N4O4S. The first kappa shape index (κ1) is 18.5. The van der Waals surface area contributed by atoms with Gasteiger partial charge in [0.1, 0.15) is 12.4 Å². The van der Waals surface area contributed by atoms with E-state index in [1.165, 1.54) is 0 Å². The molecule has 1 heterocycles. The Morgan fingerprint density at radius 2 is 2.00 bits per heavy atom. The molecule has 0 aliphatic carbocycles. The van der Waals surface area contributed by atoms with Crippen molar-refractivity contribution < 1.29 is 18.3 Å². The van der Waals surface area contributed by atoms with E-state index in [2.05, 4.69) is 15.6 Å². The molecule has 24 heavy (non-hydrogen) atoms. The van der Waals surface area contributed by atoms with E-state index in [4.69, 9.17) is 33.4 Å². The summed E-state index contributed by atoms with van der Waals surface area (Å²) in [6.07, 6.45) is 0. The monoisotopic (exact) mass is 392 g/mol. The number of hydrogen-bond donors (Lipinski definition) is 4. The van der Waals surface area contributed by atoms with Gasteiger partial charge in [0.2, 0.25) is 10.0 Å². The van der Waals surface area contributed by atoms with Gasteiger partial charge in [0, 0.05) is 23.7 Å². The van der Waals surface area contributed by atoms with Crippen LogP contribution in [0.4, 0.5) is 11.5 Å². The highest BCUT2D eigenvalue weighted by atomic mass is 35.5. The predicted molar refractivity (Wildman–Crippen MR) is 94.4 cm³/mol. The number of benzene rings is 1. The van der Waals surface area contributed by atoms with Crippen molar-refractivity contribution in [2.75, 3.05) is 29.5 Å². The summed E-state index contributed by atoms with van der Waals surface area (Å²) >= 11 is 12.1. The van der Waals surface area contributed by atoms with Crippen molar-refractivity contribution in [2.45, 2.75) is 0 Å². The van der Waals surface area contributed by atoms with Crippen LogP contribution >= 0.6 is 23.2 Å². The summed E-state index contributed by atoms with van der Waals surface area (Å²) in [5, 5.41) is 20.4. The van der Waals surface area contributed by atoms with Gasteiger partial charge in [0.05, 0.1) is 21.3 Å². The first-order valence-corrected chi connectivity index (χ1v) is 9.13. The van der Waals surface area contributed by atoms with Gasteiger partial charge in [-0.1, -0.05) is 23.2 Å². The molecule has 5 N–H and O–H groups in total. The maximum atomic E-state index is 11.0. The summed E-state index contributed by atoms with van der Waals surface area (Å²) in [4.78, 5) is 14.9. The highest BCUT2D eigenvalue weighted by Gasteiger charge is 2.12. The number of carboxylic acids is 1. The average Bonchev–Trinajstić information content (AvgIpc) is 2.48. The zero-order valence-electron chi connectivity index (χ0n) is 12.2. The van der Waals surface area contributed by atoms with Gasteiger partial charge in [0.25, 0.3) is 0 Å². The molecule has 8 nitrogen and oxygen atoms in total. The number of pyridine rings is 1. The maximum absolute atomic E-state index is 11.0.